The Morgan fingerprint density at radius 2 is 1.66 bits per heavy atom. The normalized spacial score (nSPS) is 13.5. The van der Waals surface area contributed by atoms with Crippen molar-refractivity contribution < 1.29 is 31.5 Å². The average molecular weight is 485 g/mol. The van der Waals surface area contributed by atoms with Crippen LogP contribution in [0.15, 0.2) is 54.7 Å². The van der Waals surface area contributed by atoms with Gasteiger partial charge >= 0.3 is 6.18 Å². The molecule has 0 radical (unpaired) electrons. The largest absolute Gasteiger partial charge is 0.417 e. The molecule has 2 aromatic heterocycles. The van der Waals surface area contributed by atoms with Crippen molar-refractivity contribution in [2.24, 2.45) is 0 Å². The van der Waals surface area contributed by atoms with E-state index in [4.69, 9.17) is 5.73 Å². The molecule has 3 heterocycles. The molecule has 0 saturated carbocycles. The highest BCUT2D eigenvalue weighted by atomic mass is 19.4. The van der Waals surface area contributed by atoms with E-state index in [9.17, 15) is 31.5 Å². The van der Waals surface area contributed by atoms with E-state index in [1.165, 1.54) is 52.9 Å². The van der Waals surface area contributed by atoms with Crippen LogP contribution in [0.2, 0.25) is 0 Å². The van der Waals surface area contributed by atoms with Crippen molar-refractivity contribution in [2.45, 2.75) is 12.7 Å². The molecule has 178 valence electrons. The molecule has 0 bridgehead atoms. The van der Waals surface area contributed by atoms with Gasteiger partial charge < -0.3 is 15.0 Å². The van der Waals surface area contributed by atoms with Crippen molar-refractivity contribution in [3.05, 3.63) is 94.3 Å². The van der Waals surface area contributed by atoms with E-state index >= 15 is 0 Å². The van der Waals surface area contributed by atoms with E-state index in [-0.39, 0.29) is 51.5 Å². The lowest BCUT2D eigenvalue weighted by molar-refractivity contribution is -0.137. The summed E-state index contributed by atoms with van der Waals surface area (Å²) in [6.07, 6.45) is -3.25. The fourth-order valence-corrected chi connectivity index (χ4v) is 4.38. The second-order valence-electron chi connectivity index (χ2n) is 8.29. The Balaban J connectivity index is 1.70. The van der Waals surface area contributed by atoms with Gasteiger partial charge in [0.2, 0.25) is 5.78 Å². The molecule has 1 aliphatic heterocycles. The standard InChI is InChI=1S/C25H16F5N3O2/c1-32-11-13-7-17(25(28,29)30)16(10-15(13)24(32)35)14-3-2-6-33-20(14)4-5-21(33)23(34)12-8-18(26)22(31)19(27)9-12/h2-10H,11,31H2,1H3. The minimum atomic E-state index is -4.70. The minimum absolute atomic E-state index is 0.0176. The van der Waals surface area contributed by atoms with Gasteiger partial charge in [0.1, 0.15) is 17.3 Å². The van der Waals surface area contributed by atoms with Crippen molar-refractivity contribution in [1.82, 2.24) is 9.30 Å². The van der Waals surface area contributed by atoms with Crippen LogP contribution in [0.25, 0.3) is 16.6 Å². The number of ketones is 1. The molecule has 0 atom stereocenters. The van der Waals surface area contributed by atoms with Crippen LogP contribution in [0, 0.1) is 11.6 Å². The van der Waals surface area contributed by atoms with Crippen molar-refractivity contribution in [2.75, 3.05) is 12.8 Å². The highest BCUT2D eigenvalue weighted by Gasteiger charge is 2.37. The number of alkyl halides is 3. The number of nitrogens with zero attached hydrogens (tertiary/aromatic N) is 2. The first-order valence-electron chi connectivity index (χ1n) is 10.4. The number of pyridine rings is 1. The van der Waals surface area contributed by atoms with E-state index in [1.54, 1.807) is 0 Å². The van der Waals surface area contributed by atoms with Crippen molar-refractivity contribution in [1.29, 1.82) is 0 Å². The van der Waals surface area contributed by atoms with Crippen LogP contribution in [0.4, 0.5) is 27.6 Å². The maximum atomic E-state index is 14.0. The second-order valence-corrected chi connectivity index (χ2v) is 8.29. The van der Waals surface area contributed by atoms with Crippen LogP contribution in [-0.4, -0.2) is 28.0 Å². The predicted octanol–water partition coefficient (Wildman–Crippen LogP) is 5.30. The summed E-state index contributed by atoms with van der Waals surface area (Å²) < 4.78 is 71.2. The number of nitrogens with two attached hydrogens (primary N) is 1. The lowest BCUT2D eigenvalue weighted by Gasteiger charge is -2.16. The first kappa shape index (κ1) is 22.6. The highest BCUT2D eigenvalue weighted by Crippen LogP contribution is 2.42. The average Bonchev–Trinajstić information content (AvgIpc) is 3.36. The van der Waals surface area contributed by atoms with Gasteiger partial charge in [0.15, 0.2) is 0 Å². The number of anilines is 1. The fraction of sp³-hybridized carbons (Fsp3) is 0.120. The third kappa shape index (κ3) is 3.52. The number of hydrogen-bond acceptors (Lipinski definition) is 3. The van der Waals surface area contributed by atoms with Gasteiger partial charge in [0.25, 0.3) is 5.91 Å². The summed E-state index contributed by atoms with van der Waals surface area (Å²) in [4.78, 5) is 26.8. The van der Waals surface area contributed by atoms with Gasteiger partial charge in [-0.05, 0) is 53.6 Å². The molecule has 0 fully saturated rings. The predicted molar refractivity (Wildman–Crippen MR) is 118 cm³/mol. The SMILES string of the molecule is CN1Cc2cc(C(F)(F)F)c(-c3cccn4c(C(=O)c5cc(F)c(N)c(F)c5)ccc34)cc2C1=O. The smallest absolute Gasteiger partial charge is 0.394 e. The second kappa shape index (κ2) is 7.66. The summed E-state index contributed by atoms with van der Waals surface area (Å²) >= 11 is 0. The molecule has 1 amide bonds. The molecule has 0 spiro atoms. The van der Waals surface area contributed by atoms with Crippen molar-refractivity contribution >= 4 is 22.9 Å². The molecule has 5 rings (SSSR count). The van der Waals surface area contributed by atoms with Crippen molar-refractivity contribution in [3.63, 3.8) is 0 Å². The lowest BCUT2D eigenvalue weighted by Crippen LogP contribution is -2.17. The minimum Gasteiger partial charge on any atom is -0.394 e. The molecule has 0 unspecified atom stereocenters. The molecule has 35 heavy (non-hydrogen) atoms. The quantitative estimate of drug-likeness (QED) is 0.243. The first-order chi connectivity index (χ1) is 16.5. The van der Waals surface area contributed by atoms with Gasteiger partial charge in [0.05, 0.1) is 16.8 Å². The fourth-order valence-electron chi connectivity index (χ4n) is 4.38. The summed E-state index contributed by atoms with van der Waals surface area (Å²) in [5.41, 5.74) is 3.93. The molecule has 2 N–H and O–H groups in total. The number of fused-ring (bicyclic) bond motifs is 2. The van der Waals surface area contributed by atoms with Gasteiger partial charge in [-0.2, -0.15) is 13.2 Å². The zero-order chi connectivity index (χ0) is 25.2. The number of aromatic nitrogens is 1. The van der Waals surface area contributed by atoms with Crippen LogP contribution >= 0.6 is 0 Å². The number of carbonyl (C=O) groups excluding carboxylic acids is 2. The van der Waals surface area contributed by atoms with Gasteiger partial charge in [0, 0.05) is 36.5 Å². The highest BCUT2D eigenvalue weighted by molar-refractivity contribution is 6.09. The topological polar surface area (TPSA) is 67.8 Å². The van der Waals surface area contributed by atoms with Gasteiger partial charge in [-0.3, -0.25) is 9.59 Å². The number of carbonyl (C=O) groups is 2. The Morgan fingerprint density at radius 3 is 2.31 bits per heavy atom. The maximum Gasteiger partial charge on any atom is 0.417 e. The summed E-state index contributed by atoms with van der Waals surface area (Å²) in [6, 6.07) is 9.49. The van der Waals surface area contributed by atoms with Crippen LogP contribution in [-0.2, 0) is 12.7 Å². The number of nitrogen functional groups attached to an aromatic ring is 1. The molecular weight excluding hydrogens is 469 g/mol. The van der Waals surface area contributed by atoms with Crippen molar-refractivity contribution in [3.8, 4) is 11.1 Å². The Morgan fingerprint density at radius 1 is 0.971 bits per heavy atom. The molecule has 4 aromatic rings. The third-order valence-electron chi connectivity index (χ3n) is 6.09. The summed E-state index contributed by atoms with van der Waals surface area (Å²) in [6.45, 7) is 0.0697. The zero-order valence-electron chi connectivity index (χ0n) is 18.1. The third-order valence-corrected chi connectivity index (χ3v) is 6.09. The number of benzene rings is 2. The van der Waals surface area contributed by atoms with Gasteiger partial charge in [-0.1, -0.05) is 6.07 Å². The number of halogens is 5. The van der Waals surface area contributed by atoms with Crippen LogP contribution < -0.4 is 5.73 Å². The number of amides is 1. The monoisotopic (exact) mass is 485 g/mol. The molecule has 0 saturated heterocycles. The molecule has 0 aliphatic carbocycles. The summed E-state index contributed by atoms with van der Waals surface area (Å²) in [5.74, 6) is -3.34. The molecule has 1 aliphatic rings. The number of hydrogen-bond donors (Lipinski definition) is 1. The molecule has 10 heteroatoms. The first-order valence-corrected chi connectivity index (χ1v) is 10.4. The van der Waals surface area contributed by atoms with Crippen LogP contribution in [0.1, 0.15) is 37.5 Å². The maximum absolute atomic E-state index is 14.0. The van der Waals surface area contributed by atoms with E-state index in [0.717, 1.165) is 18.2 Å². The summed E-state index contributed by atoms with van der Waals surface area (Å²) in [5, 5.41) is 0. The number of rotatable bonds is 3. The molecule has 5 nitrogen and oxygen atoms in total. The van der Waals surface area contributed by atoms with E-state index in [1.807, 2.05) is 0 Å². The van der Waals surface area contributed by atoms with E-state index in [2.05, 4.69) is 0 Å². The Labute approximate surface area is 195 Å². The molecule has 2 aromatic carbocycles. The molecular formula is C25H16F5N3O2. The Bertz CT molecular complexity index is 1530. The van der Waals surface area contributed by atoms with E-state index in [0.29, 0.717) is 0 Å². The van der Waals surface area contributed by atoms with E-state index < -0.39 is 34.8 Å². The zero-order valence-corrected chi connectivity index (χ0v) is 18.1. The lowest BCUT2D eigenvalue weighted by atomic mass is 9.94. The van der Waals surface area contributed by atoms with Crippen LogP contribution in [0.5, 0.6) is 0 Å². The van der Waals surface area contributed by atoms with Crippen LogP contribution in [0.3, 0.4) is 0 Å². The van der Waals surface area contributed by atoms with Gasteiger partial charge in [-0.15, -0.1) is 0 Å². The Kier molecular flexibility index (Phi) is 4.94. The van der Waals surface area contributed by atoms with Gasteiger partial charge in [-0.25, -0.2) is 8.78 Å². The Hall–Kier alpha value is -4.21. The summed E-state index contributed by atoms with van der Waals surface area (Å²) in [7, 11) is 1.50.